The van der Waals surface area contributed by atoms with E-state index in [0.717, 1.165) is 41.5 Å². The highest BCUT2D eigenvalue weighted by Crippen LogP contribution is 2.34. The van der Waals surface area contributed by atoms with Crippen molar-refractivity contribution in [3.8, 4) is 0 Å². The molecule has 37 heavy (non-hydrogen) atoms. The minimum Gasteiger partial charge on any atom is -0.481 e. The molecule has 0 heterocycles. The van der Waals surface area contributed by atoms with Crippen LogP contribution in [0.15, 0.2) is 18.2 Å². The van der Waals surface area contributed by atoms with Gasteiger partial charge in [0.05, 0.1) is 24.0 Å². The van der Waals surface area contributed by atoms with Crippen LogP contribution < -0.4 is 0 Å². The number of unbranched alkanes of at least 4 members (excludes halogenated alkanes) is 6. The highest BCUT2D eigenvalue weighted by molar-refractivity contribution is 5.76. The number of aliphatic hydroxyl groups excluding tert-OH is 2. The van der Waals surface area contributed by atoms with Crippen molar-refractivity contribution < 1.29 is 29.6 Å². The summed E-state index contributed by atoms with van der Waals surface area (Å²) in [7, 11) is 0. The molecule has 0 bridgehead atoms. The topological polar surface area (TPSA) is 104 Å². The van der Waals surface area contributed by atoms with Gasteiger partial charge in [0.2, 0.25) is 0 Å². The van der Waals surface area contributed by atoms with Crippen LogP contribution in [0.3, 0.4) is 0 Å². The van der Waals surface area contributed by atoms with Crippen LogP contribution in [0.1, 0.15) is 127 Å². The molecule has 3 N–H and O–H groups in total. The zero-order valence-corrected chi connectivity index (χ0v) is 23.9. The van der Waals surface area contributed by atoms with Gasteiger partial charge in [0.25, 0.3) is 0 Å². The number of carboxylic acid groups (broad SMARTS) is 1. The fourth-order valence-electron chi connectivity index (χ4n) is 4.35. The monoisotopic (exact) mass is 518 g/mol. The van der Waals surface area contributed by atoms with Crippen LogP contribution >= 0.6 is 0 Å². The quantitative estimate of drug-likeness (QED) is 0.142. The molecule has 6 nitrogen and oxygen atoms in total. The van der Waals surface area contributed by atoms with Gasteiger partial charge in [-0.15, -0.1) is 0 Å². The highest BCUT2D eigenvalue weighted by Gasteiger charge is 2.31. The van der Waals surface area contributed by atoms with E-state index in [-0.39, 0.29) is 12.4 Å². The van der Waals surface area contributed by atoms with Crippen molar-refractivity contribution in [3.63, 3.8) is 0 Å². The Balaban J connectivity index is 3.17. The third-order valence-electron chi connectivity index (χ3n) is 7.07. The summed E-state index contributed by atoms with van der Waals surface area (Å²) in [5, 5.41) is 29.1. The maximum Gasteiger partial charge on any atom is 0.312 e. The summed E-state index contributed by atoms with van der Waals surface area (Å²) in [6, 6.07) is 4.11. The molecule has 0 saturated heterocycles. The first-order valence-corrected chi connectivity index (χ1v) is 14.0. The molecule has 1 aromatic rings. The third kappa shape index (κ3) is 12.3. The first-order valence-electron chi connectivity index (χ1n) is 14.0. The Morgan fingerprint density at radius 2 is 1.62 bits per heavy atom. The number of aliphatic carboxylic acids is 1. The van der Waals surface area contributed by atoms with Gasteiger partial charge in [-0.1, -0.05) is 82.2 Å². The summed E-state index contributed by atoms with van der Waals surface area (Å²) in [4.78, 5) is 23.9. The molecular formula is C31H50O6. The van der Waals surface area contributed by atoms with E-state index in [4.69, 9.17) is 9.84 Å². The van der Waals surface area contributed by atoms with Crippen molar-refractivity contribution in [1.29, 1.82) is 0 Å². The molecule has 0 aliphatic rings. The largest absolute Gasteiger partial charge is 0.481 e. The second kappa shape index (κ2) is 16.6. The molecular weight excluding hydrogens is 468 g/mol. The lowest BCUT2D eigenvalue weighted by Crippen LogP contribution is -2.27. The fourth-order valence-corrected chi connectivity index (χ4v) is 4.35. The molecule has 0 radical (unpaired) electrons. The summed E-state index contributed by atoms with van der Waals surface area (Å²) >= 11 is 0. The van der Waals surface area contributed by atoms with E-state index in [1.54, 1.807) is 12.2 Å². The Morgan fingerprint density at radius 3 is 2.22 bits per heavy atom. The lowest BCUT2D eigenvalue weighted by atomic mass is 9.89. The zero-order chi connectivity index (χ0) is 28.0. The number of rotatable bonds is 18. The van der Waals surface area contributed by atoms with Crippen LogP contribution in [0.2, 0.25) is 0 Å². The second-order valence-electron chi connectivity index (χ2n) is 11.0. The van der Waals surface area contributed by atoms with Gasteiger partial charge in [-0.3, -0.25) is 9.59 Å². The van der Waals surface area contributed by atoms with E-state index in [2.05, 4.69) is 19.1 Å². The van der Waals surface area contributed by atoms with Crippen LogP contribution in [0, 0.1) is 19.3 Å². The third-order valence-corrected chi connectivity index (χ3v) is 7.07. The molecule has 3 unspecified atom stereocenters. The number of esters is 1. The molecule has 0 saturated carbocycles. The molecule has 1 rings (SSSR count). The fraction of sp³-hybridized carbons (Fsp3) is 0.677. The molecule has 210 valence electrons. The first kappa shape index (κ1) is 32.8. The zero-order valence-electron chi connectivity index (χ0n) is 23.9. The van der Waals surface area contributed by atoms with E-state index in [1.807, 2.05) is 34.6 Å². The number of aliphatic hydroxyl groups is 2. The van der Waals surface area contributed by atoms with Crippen LogP contribution in [0.25, 0.3) is 6.08 Å². The smallest absolute Gasteiger partial charge is 0.312 e. The van der Waals surface area contributed by atoms with Gasteiger partial charge in [0.1, 0.15) is 6.10 Å². The molecule has 0 aromatic heterocycles. The van der Waals surface area contributed by atoms with Crippen molar-refractivity contribution in [2.75, 3.05) is 0 Å². The summed E-state index contributed by atoms with van der Waals surface area (Å²) < 4.78 is 6.16. The van der Waals surface area contributed by atoms with Crippen molar-refractivity contribution in [3.05, 3.63) is 40.5 Å². The highest BCUT2D eigenvalue weighted by atomic mass is 16.5. The van der Waals surface area contributed by atoms with E-state index in [1.165, 1.54) is 32.1 Å². The van der Waals surface area contributed by atoms with Gasteiger partial charge in [0.15, 0.2) is 0 Å². The predicted octanol–water partition coefficient (Wildman–Crippen LogP) is 7.06. The first-order chi connectivity index (χ1) is 17.4. The minimum atomic E-state index is -1.13. The van der Waals surface area contributed by atoms with Crippen molar-refractivity contribution >= 4 is 18.0 Å². The normalized spacial score (nSPS) is 14.5. The van der Waals surface area contributed by atoms with E-state index in [9.17, 15) is 19.8 Å². The van der Waals surface area contributed by atoms with Gasteiger partial charge >= 0.3 is 11.9 Å². The van der Waals surface area contributed by atoms with Crippen LogP contribution in [0.5, 0.6) is 0 Å². The Morgan fingerprint density at radius 1 is 1.00 bits per heavy atom. The van der Waals surface area contributed by atoms with E-state index < -0.39 is 36.1 Å². The number of hydrogen-bond donors (Lipinski definition) is 3. The number of aryl methyl sites for hydroxylation is 2. The second-order valence-corrected chi connectivity index (χ2v) is 11.0. The molecule has 0 fully saturated rings. The number of carboxylic acids is 1. The summed E-state index contributed by atoms with van der Waals surface area (Å²) in [5.41, 5.74) is 3.28. The Labute approximate surface area is 224 Å². The van der Waals surface area contributed by atoms with Gasteiger partial charge in [0, 0.05) is 12.0 Å². The average Bonchev–Trinajstić information content (AvgIpc) is 2.80. The SMILES string of the molecule is CCCCCCCCCC(OC(=O)C(C)(C)CC)c1cc(C)cc(C)c1C=CC(O)CC(O)CC(=O)O. The van der Waals surface area contributed by atoms with Crippen LogP contribution in [0.4, 0.5) is 0 Å². The molecule has 6 heteroatoms. The summed E-state index contributed by atoms with van der Waals surface area (Å²) in [5.74, 6) is -1.32. The van der Waals surface area contributed by atoms with Gasteiger partial charge in [-0.25, -0.2) is 0 Å². The average molecular weight is 519 g/mol. The molecule has 0 spiro atoms. The maximum absolute atomic E-state index is 13.1. The number of carbonyl (C=O) groups excluding carboxylic acids is 1. The van der Waals surface area contributed by atoms with Crippen LogP contribution in [-0.2, 0) is 14.3 Å². The van der Waals surface area contributed by atoms with Crippen molar-refractivity contribution in [2.45, 2.75) is 130 Å². The predicted molar refractivity (Wildman–Crippen MR) is 149 cm³/mol. The molecule has 0 aliphatic carbocycles. The van der Waals surface area contributed by atoms with Crippen LogP contribution in [-0.4, -0.2) is 39.5 Å². The Hall–Kier alpha value is -2.18. The number of benzene rings is 1. The van der Waals surface area contributed by atoms with Gasteiger partial charge in [-0.05, 0) is 58.1 Å². The van der Waals surface area contributed by atoms with Crippen molar-refractivity contribution in [2.24, 2.45) is 5.41 Å². The molecule has 3 atom stereocenters. The van der Waals surface area contributed by atoms with E-state index in [0.29, 0.717) is 6.42 Å². The lowest BCUT2D eigenvalue weighted by Gasteiger charge is -2.27. The lowest BCUT2D eigenvalue weighted by molar-refractivity contribution is -0.160. The molecule has 1 aromatic carbocycles. The number of carbonyl (C=O) groups is 2. The van der Waals surface area contributed by atoms with Gasteiger partial charge < -0.3 is 20.1 Å². The Kier molecular flexibility index (Phi) is 14.8. The number of hydrogen-bond acceptors (Lipinski definition) is 5. The standard InChI is InChI=1S/C31H50O6/c1-7-9-10-11-12-13-14-15-28(37-30(36)31(5,6)8-2)27-19-22(3)18-23(4)26(27)17-16-24(32)20-25(33)21-29(34)35/h16-19,24-25,28,32-33H,7-15,20-21H2,1-6H3,(H,34,35). The van der Waals surface area contributed by atoms with Gasteiger partial charge in [-0.2, -0.15) is 0 Å². The van der Waals surface area contributed by atoms with E-state index >= 15 is 0 Å². The van der Waals surface area contributed by atoms with Crippen molar-refractivity contribution in [1.82, 2.24) is 0 Å². The Bertz CT molecular complexity index is 873. The minimum absolute atomic E-state index is 0.0653. The summed E-state index contributed by atoms with van der Waals surface area (Å²) in [6.07, 6.45) is 9.98. The summed E-state index contributed by atoms with van der Waals surface area (Å²) in [6.45, 7) is 12.0. The maximum atomic E-state index is 13.1. The molecule has 0 amide bonds. The molecule has 0 aliphatic heterocycles. The number of ether oxygens (including phenoxy) is 1.